The first-order valence-corrected chi connectivity index (χ1v) is 20.9. The predicted octanol–water partition coefficient (Wildman–Crippen LogP) is -0.456. The first kappa shape index (κ1) is 50.1. The molecule has 1 aromatic carbocycles. The molecule has 0 aromatic heterocycles. The van der Waals surface area contributed by atoms with E-state index in [2.05, 4.69) is 32.0 Å². The minimum Gasteiger partial charge on any atom is -0.497 e. The Morgan fingerprint density at radius 2 is 1.52 bits per heavy atom. The second-order valence-corrected chi connectivity index (χ2v) is 17.3. The summed E-state index contributed by atoms with van der Waals surface area (Å²) in [6, 6.07) is -2.48. The van der Waals surface area contributed by atoms with Gasteiger partial charge in [-0.05, 0) is 54.7 Å². The van der Waals surface area contributed by atoms with Crippen molar-refractivity contribution in [2.45, 2.75) is 136 Å². The van der Waals surface area contributed by atoms with Gasteiger partial charge >= 0.3 is 5.97 Å². The fourth-order valence-corrected chi connectivity index (χ4v) is 7.43. The maximum atomic E-state index is 14.5. The Balaban J connectivity index is 2.25. The van der Waals surface area contributed by atoms with Crippen molar-refractivity contribution in [3.05, 3.63) is 29.8 Å². The highest BCUT2D eigenvalue weighted by molar-refractivity contribution is 5.98. The standard InChI is InChI=1S/C42H66N8O11/c1-21(2)16-30-40(57)49(10)35(24(7)8)42(59)61-25(9)34(48-38(55)32(22(3)4)43-20-51)39(56)45-29(17-26-12-14-28(60-11)15-13-26)36(53)47-33(23(5)6)41(58)50-31(37(54)46-30)18-27(52)19-44-50/h12-15,20-25,27,29-35,44,52H,16-19H2,1-11H3,(H,43,51)(H,45,56)(H,46,54)(H,47,53)(H,48,55)/t25-,27+,29-,30+,31+,32+,33-,34+,35+/m1/s1. The Morgan fingerprint density at radius 1 is 0.902 bits per heavy atom. The average molecular weight is 859 g/mol. The van der Waals surface area contributed by atoms with Crippen molar-refractivity contribution in [2.75, 3.05) is 20.7 Å². The lowest BCUT2D eigenvalue weighted by atomic mass is 9.97. The van der Waals surface area contributed by atoms with E-state index in [1.54, 1.807) is 65.8 Å². The van der Waals surface area contributed by atoms with Gasteiger partial charge in [0.2, 0.25) is 35.9 Å². The summed E-state index contributed by atoms with van der Waals surface area (Å²) in [4.78, 5) is 112. The van der Waals surface area contributed by atoms with Gasteiger partial charge < -0.3 is 46.1 Å². The highest BCUT2D eigenvalue weighted by Crippen LogP contribution is 2.21. The molecule has 1 aromatic rings. The van der Waals surface area contributed by atoms with Crippen LogP contribution in [0, 0.1) is 23.7 Å². The van der Waals surface area contributed by atoms with Gasteiger partial charge in [-0.25, -0.2) is 10.2 Å². The van der Waals surface area contributed by atoms with Gasteiger partial charge in [-0.15, -0.1) is 0 Å². The van der Waals surface area contributed by atoms with E-state index in [9.17, 15) is 43.5 Å². The summed E-state index contributed by atoms with van der Waals surface area (Å²) < 4.78 is 11.2. The second-order valence-electron chi connectivity index (χ2n) is 17.3. The van der Waals surface area contributed by atoms with Crippen LogP contribution in [-0.4, -0.2) is 138 Å². The fraction of sp³-hybridized carbons (Fsp3) is 0.667. The Morgan fingerprint density at radius 3 is 2.07 bits per heavy atom. The van der Waals surface area contributed by atoms with Gasteiger partial charge in [-0.1, -0.05) is 67.5 Å². The number of rotatable bonds is 12. The molecule has 61 heavy (non-hydrogen) atoms. The number of benzene rings is 1. The van der Waals surface area contributed by atoms with Crippen LogP contribution in [0.15, 0.2) is 24.3 Å². The van der Waals surface area contributed by atoms with E-state index < -0.39 is 114 Å². The van der Waals surface area contributed by atoms with Crippen molar-refractivity contribution in [1.29, 1.82) is 0 Å². The van der Waals surface area contributed by atoms with Crippen molar-refractivity contribution in [1.82, 2.24) is 41.9 Å². The number of aliphatic hydroxyl groups excluding tert-OH is 1. The quantitative estimate of drug-likeness (QED) is 0.104. The summed E-state index contributed by atoms with van der Waals surface area (Å²) in [7, 11) is 2.88. The predicted molar refractivity (Wildman–Crippen MR) is 223 cm³/mol. The van der Waals surface area contributed by atoms with Gasteiger partial charge in [-0.2, -0.15) is 0 Å². The van der Waals surface area contributed by atoms with E-state index >= 15 is 0 Å². The van der Waals surface area contributed by atoms with E-state index in [0.29, 0.717) is 17.7 Å². The molecular weight excluding hydrogens is 793 g/mol. The monoisotopic (exact) mass is 858 g/mol. The van der Waals surface area contributed by atoms with Crippen LogP contribution in [0.3, 0.4) is 0 Å². The van der Waals surface area contributed by atoms with Gasteiger partial charge in [-0.3, -0.25) is 38.6 Å². The molecule has 0 saturated carbocycles. The Kier molecular flexibility index (Phi) is 18.5. The number of nitrogens with one attached hydrogen (secondary N) is 6. The van der Waals surface area contributed by atoms with Gasteiger partial charge in [0, 0.05) is 26.4 Å². The van der Waals surface area contributed by atoms with Crippen LogP contribution < -0.4 is 36.7 Å². The summed E-state index contributed by atoms with van der Waals surface area (Å²) in [6.07, 6.45) is -2.27. The number of cyclic esters (lactones) is 1. The minimum atomic E-state index is -1.64. The zero-order valence-electron chi connectivity index (χ0n) is 37.1. The number of hydrazine groups is 1. The number of carbonyl (C=O) groups excluding carboxylic acids is 8. The number of likely N-dealkylation sites (N-methyl/N-ethyl adjacent to an activating group) is 1. The summed E-state index contributed by atoms with van der Waals surface area (Å²) in [5.41, 5.74) is 3.40. The molecule has 2 fully saturated rings. The maximum Gasteiger partial charge on any atom is 0.329 e. The third-order valence-electron chi connectivity index (χ3n) is 10.8. The number of amides is 7. The summed E-state index contributed by atoms with van der Waals surface area (Å²) >= 11 is 0. The molecule has 19 heteroatoms. The summed E-state index contributed by atoms with van der Waals surface area (Å²) in [5.74, 6) is -6.69. The number of esters is 1. The highest BCUT2D eigenvalue weighted by Gasteiger charge is 2.44. The number of ether oxygens (including phenoxy) is 2. The molecule has 9 atom stereocenters. The number of hydrogen-bond acceptors (Lipinski definition) is 12. The Bertz CT molecular complexity index is 1720. The first-order chi connectivity index (χ1) is 28.6. The van der Waals surface area contributed by atoms with Crippen molar-refractivity contribution in [2.24, 2.45) is 23.7 Å². The number of carbonyl (C=O) groups is 8. The van der Waals surface area contributed by atoms with Crippen molar-refractivity contribution >= 4 is 47.8 Å². The maximum absolute atomic E-state index is 14.5. The summed E-state index contributed by atoms with van der Waals surface area (Å²) in [6.45, 7) is 15.0. The number of aliphatic hydroxyl groups is 1. The van der Waals surface area contributed by atoms with Crippen LogP contribution in [0.4, 0.5) is 0 Å². The Hall–Kier alpha value is -5.30. The van der Waals surface area contributed by atoms with Crippen LogP contribution in [-0.2, 0) is 49.5 Å². The molecule has 2 aliphatic heterocycles. The molecule has 7 amide bonds. The first-order valence-electron chi connectivity index (χ1n) is 20.9. The highest BCUT2D eigenvalue weighted by atomic mass is 16.5. The van der Waals surface area contributed by atoms with Crippen molar-refractivity contribution in [3.8, 4) is 5.75 Å². The largest absolute Gasteiger partial charge is 0.497 e. The van der Waals surface area contributed by atoms with Crippen LogP contribution in [0.1, 0.15) is 80.7 Å². The van der Waals surface area contributed by atoms with Crippen LogP contribution >= 0.6 is 0 Å². The van der Waals surface area contributed by atoms with E-state index in [-0.39, 0.29) is 31.7 Å². The summed E-state index contributed by atoms with van der Waals surface area (Å²) in [5, 5.41) is 25.0. The number of methoxy groups -OCH3 is 1. The molecule has 0 spiro atoms. The smallest absolute Gasteiger partial charge is 0.329 e. The normalized spacial score (nSPS) is 27.0. The molecule has 0 unspecified atom stereocenters. The molecule has 0 aliphatic carbocycles. The number of hydrogen-bond donors (Lipinski definition) is 7. The zero-order chi connectivity index (χ0) is 45.9. The molecular formula is C42H66N8O11. The van der Waals surface area contributed by atoms with Crippen LogP contribution in [0.5, 0.6) is 5.75 Å². The van der Waals surface area contributed by atoms with Gasteiger partial charge in [0.1, 0.15) is 54.1 Å². The molecule has 3 rings (SSSR count). The van der Waals surface area contributed by atoms with Crippen molar-refractivity contribution in [3.63, 3.8) is 0 Å². The minimum absolute atomic E-state index is 0.0922. The molecule has 0 bridgehead atoms. The molecule has 0 radical (unpaired) electrons. The molecule has 2 heterocycles. The van der Waals surface area contributed by atoms with E-state index in [1.165, 1.54) is 21.1 Å². The number of fused-ring (bicyclic) bond motifs is 1. The fourth-order valence-electron chi connectivity index (χ4n) is 7.43. The molecule has 340 valence electrons. The molecule has 19 nitrogen and oxygen atoms in total. The lowest BCUT2D eigenvalue weighted by Crippen LogP contribution is -2.67. The second kappa shape index (κ2) is 22.5. The molecule has 7 N–H and O–H groups in total. The molecule has 2 saturated heterocycles. The van der Waals surface area contributed by atoms with Gasteiger partial charge in [0.25, 0.3) is 5.91 Å². The average Bonchev–Trinajstić information content (AvgIpc) is 3.18. The van der Waals surface area contributed by atoms with E-state index in [0.717, 1.165) is 9.91 Å². The Labute approximate surface area is 358 Å². The van der Waals surface area contributed by atoms with Gasteiger partial charge in [0.05, 0.1) is 13.2 Å². The number of β-amino-alcohol motifs (C(OH)–C–C–N with tert-alkyl or cyclic N) is 1. The number of nitrogens with zero attached hydrogens (tertiary/aromatic N) is 2. The SMILES string of the molecule is COc1ccc(C[C@H]2NC(=O)[C@@H](NC(=O)[C@@H](NC=O)C(C)C)[C@@H](C)OC(=O)[C@H](C(C)C)N(C)C(=O)[C@H](CC(C)C)NC(=O)[C@@H]3C[C@H](O)CNN3C(=O)[C@@H](C(C)C)NC2=O)cc1. The van der Waals surface area contributed by atoms with Crippen molar-refractivity contribution < 1.29 is 52.9 Å². The molecule has 2 aliphatic rings. The van der Waals surface area contributed by atoms with Crippen LogP contribution in [0.25, 0.3) is 0 Å². The van der Waals surface area contributed by atoms with Crippen LogP contribution in [0.2, 0.25) is 0 Å². The lowest BCUT2D eigenvalue weighted by molar-refractivity contribution is -0.163. The van der Waals surface area contributed by atoms with E-state index in [1.807, 2.05) is 13.8 Å². The zero-order valence-corrected chi connectivity index (χ0v) is 37.1. The van der Waals surface area contributed by atoms with E-state index in [4.69, 9.17) is 9.47 Å². The third kappa shape index (κ3) is 13.3. The topological polar surface area (TPSA) is 254 Å². The van der Waals surface area contributed by atoms with Gasteiger partial charge in [0.15, 0.2) is 0 Å². The lowest BCUT2D eigenvalue weighted by Gasteiger charge is -2.40. The third-order valence-corrected chi connectivity index (χ3v) is 10.8.